The summed E-state index contributed by atoms with van der Waals surface area (Å²) >= 11 is 5.93. The van der Waals surface area contributed by atoms with E-state index in [1.54, 1.807) is 10.6 Å². The predicted octanol–water partition coefficient (Wildman–Crippen LogP) is 4.89. The number of carbonyl (C=O) groups is 1. The van der Waals surface area contributed by atoms with Crippen molar-refractivity contribution < 1.29 is 4.79 Å². The lowest BCUT2D eigenvalue weighted by atomic mass is 10.0. The van der Waals surface area contributed by atoms with Gasteiger partial charge in [0.1, 0.15) is 0 Å². The first-order valence-corrected chi connectivity index (χ1v) is 7.94. The molecular weight excluding hydrogens is 320 g/mol. The maximum Gasteiger partial charge on any atom is 0.193 e. The average Bonchev–Trinajstić information content (AvgIpc) is 3.05. The quantitative estimate of drug-likeness (QED) is 0.501. The molecule has 4 heteroatoms. The summed E-state index contributed by atoms with van der Waals surface area (Å²) in [5.41, 5.74) is 4.03. The fourth-order valence-electron chi connectivity index (χ4n) is 2.65. The Kier molecular flexibility index (Phi) is 3.63. The second-order valence-corrected chi connectivity index (χ2v) is 5.95. The first-order valence-electron chi connectivity index (χ1n) is 7.56. The van der Waals surface area contributed by atoms with E-state index >= 15 is 0 Å². The van der Waals surface area contributed by atoms with Crippen molar-refractivity contribution in [1.82, 2.24) is 9.61 Å². The predicted molar refractivity (Wildman–Crippen MR) is 95.5 cm³/mol. The Balaban J connectivity index is 1.73. The second kappa shape index (κ2) is 5.95. The minimum Gasteiger partial charge on any atom is -0.289 e. The summed E-state index contributed by atoms with van der Waals surface area (Å²) in [4.78, 5) is 12.6. The number of aromatic nitrogens is 2. The van der Waals surface area contributed by atoms with Gasteiger partial charge in [0.05, 0.1) is 11.2 Å². The van der Waals surface area contributed by atoms with Crippen LogP contribution in [0.5, 0.6) is 0 Å². The van der Waals surface area contributed by atoms with Gasteiger partial charge in [0.25, 0.3) is 0 Å². The summed E-state index contributed by atoms with van der Waals surface area (Å²) in [7, 11) is 0. The van der Waals surface area contributed by atoms with Gasteiger partial charge in [-0.25, -0.2) is 4.52 Å². The highest BCUT2D eigenvalue weighted by molar-refractivity contribution is 6.30. The van der Waals surface area contributed by atoms with Crippen LogP contribution in [0.3, 0.4) is 0 Å². The van der Waals surface area contributed by atoms with Crippen LogP contribution < -0.4 is 0 Å². The van der Waals surface area contributed by atoms with Crippen LogP contribution in [0.25, 0.3) is 16.8 Å². The molecule has 0 aliphatic heterocycles. The maximum atomic E-state index is 12.6. The van der Waals surface area contributed by atoms with E-state index in [1.165, 1.54) is 0 Å². The van der Waals surface area contributed by atoms with Gasteiger partial charge in [-0.3, -0.25) is 4.79 Å². The number of hydrogen-bond donors (Lipinski definition) is 0. The Morgan fingerprint density at radius 1 is 0.875 bits per heavy atom. The van der Waals surface area contributed by atoms with Gasteiger partial charge >= 0.3 is 0 Å². The molecule has 0 saturated heterocycles. The Labute approximate surface area is 144 Å². The third-order valence-corrected chi connectivity index (χ3v) is 4.15. The van der Waals surface area contributed by atoms with Crippen molar-refractivity contribution in [2.45, 2.75) is 0 Å². The van der Waals surface area contributed by atoms with E-state index in [0.29, 0.717) is 16.1 Å². The van der Waals surface area contributed by atoms with Crippen LogP contribution in [-0.4, -0.2) is 15.4 Å². The summed E-state index contributed by atoms with van der Waals surface area (Å²) in [6.07, 6.45) is 1.81. The largest absolute Gasteiger partial charge is 0.289 e. The van der Waals surface area contributed by atoms with Crippen molar-refractivity contribution in [3.05, 3.63) is 95.1 Å². The molecule has 0 saturated carbocycles. The number of carbonyl (C=O) groups excluding carboxylic acids is 1. The SMILES string of the molecule is O=C(c1ccccc1)c1ccn2nc(-c3ccc(Cl)cc3)cc2c1. The van der Waals surface area contributed by atoms with E-state index in [0.717, 1.165) is 16.8 Å². The molecule has 0 radical (unpaired) electrons. The fourth-order valence-corrected chi connectivity index (χ4v) is 2.78. The van der Waals surface area contributed by atoms with Gasteiger partial charge in [0.2, 0.25) is 0 Å². The van der Waals surface area contributed by atoms with Crippen LogP contribution in [0.2, 0.25) is 5.02 Å². The molecular formula is C20H13ClN2O. The zero-order chi connectivity index (χ0) is 16.5. The number of fused-ring (bicyclic) bond motifs is 1. The molecule has 0 fully saturated rings. The number of hydrogen-bond acceptors (Lipinski definition) is 2. The number of pyridine rings is 1. The highest BCUT2D eigenvalue weighted by Gasteiger charge is 2.11. The summed E-state index contributed by atoms with van der Waals surface area (Å²) in [6, 6.07) is 22.4. The topological polar surface area (TPSA) is 34.4 Å². The van der Waals surface area contributed by atoms with Gasteiger partial charge in [0, 0.05) is 27.9 Å². The molecule has 3 nitrogen and oxygen atoms in total. The lowest BCUT2D eigenvalue weighted by Gasteiger charge is -2.01. The van der Waals surface area contributed by atoms with Crippen LogP contribution in [0.1, 0.15) is 15.9 Å². The van der Waals surface area contributed by atoms with Crippen LogP contribution in [0, 0.1) is 0 Å². The van der Waals surface area contributed by atoms with Gasteiger partial charge < -0.3 is 0 Å². The first-order chi connectivity index (χ1) is 11.7. The van der Waals surface area contributed by atoms with Crippen molar-refractivity contribution in [3.63, 3.8) is 0 Å². The van der Waals surface area contributed by atoms with Gasteiger partial charge in [-0.15, -0.1) is 0 Å². The number of benzene rings is 2. The summed E-state index contributed by atoms with van der Waals surface area (Å²) in [5.74, 6) is 0.00680. The highest BCUT2D eigenvalue weighted by atomic mass is 35.5. The van der Waals surface area contributed by atoms with Crippen LogP contribution in [0.15, 0.2) is 79.0 Å². The fraction of sp³-hybridized carbons (Fsp3) is 0. The van der Waals surface area contributed by atoms with E-state index < -0.39 is 0 Å². The third kappa shape index (κ3) is 2.70. The molecule has 2 aromatic heterocycles. The smallest absolute Gasteiger partial charge is 0.193 e. The van der Waals surface area contributed by atoms with Crippen molar-refractivity contribution in [2.24, 2.45) is 0 Å². The second-order valence-electron chi connectivity index (χ2n) is 5.52. The molecule has 0 spiro atoms. The van der Waals surface area contributed by atoms with Crippen molar-refractivity contribution >= 4 is 22.9 Å². The van der Waals surface area contributed by atoms with E-state index in [9.17, 15) is 4.79 Å². The molecule has 116 valence electrons. The molecule has 2 aromatic carbocycles. The lowest BCUT2D eigenvalue weighted by Crippen LogP contribution is -2.01. The molecule has 4 rings (SSSR count). The van der Waals surface area contributed by atoms with Gasteiger partial charge in [-0.2, -0.15) is 5.10 Å². The zero-order valence-corrected chi connectivity index (χ0v) is 13.4. The normalized spacial score (nSPS) is 10.9. The van der Waals surface area contributed by atoms with Crippen molar-refractivity contribution in [1.29, 1.82) is 0 Å². The van der Waals surface area contributed by atoms with Gasteiger partial charge in [-0.05, 0) is 30.3 Å². The average molecular weight is 333 g/mol. The Morgan fingerprint density at radius 2 is 1.62 bits per heavy atom. The molecule has 0 unspecified atom stereocenters. The monoisotopic (exact) mass is 332 g/mol. The van der Waals surface area contributed by atoms with E-state index in [2.05, 4.69) is 5.10 Å². The molecule has 0 N–H and O–H groups in total. The van der Waals surface area contributed by atoms with Crippen molar-refractivity contribution in [2.75, 3.05) is 0 Å². The number of rotatable bonds is 3. The van der Waals surface area contributed by atoms with Gasteiger partial charge in [-0.1, -0.05) is 54.1 Å². The molecule has 0 atom stereocenters. The minimum atomic E-state index is 0.00680. The standard InChI is InChI=1S/C20H13ClN2O/c21-17-8-6-14(7-9-17)19-13-18-12-16(10-11-23(18)22-19)20(24)15-4-2-1-3-5-15/h1-13H. The van der Waals surface area contributed by atoms with Crippen LogP contribution in [-0.2, 0) is 0 Å². The molecule has 4 aromatic rings. The molecule has 2 heterocycles. The van der Waals surface area contributed by atoms with Gasteiger partial charge in [0.15, 0.2) is 5.78 Å². The number of nitrogens with zero attached hydrogens (tertiary/aromatic N) is 2. The zero-order valence-electron chi connectivity index (χ0n) is 12.7. The molecule has 24 heavy (non-hydrogen) atoms. The summed E-state index contributed by atoms with van der Waals surface area (Å²) < 4.78 is 1.77. The van der Waals surface area contributed by atoms with Crippen LogP contribution >= 0.6 is 11.6 Å². The lowest BCUT2D eigenvalue weighted by molar-refractivity contribution is 0.103. The maximum absolute atomic E-state index is 12.6. The third-order valence-electron chi connectivity index (χ3n) is 3.90. The van der Waals surface area contributed by atoms with Crippen LogP contribution in [0.4, 0.5) is 0 Å². The van der Waals surface area contributed by atoms with E-state index in [-0.39, 0.29) is 5.78 Å². The number of halogens is 1. The minimum absolute atomic E-state index is 0.00680. The molecule has 0 aliphatic rings. The molecule has 0 bridgehead atoms. The van der Waals surface area contributed by atoms with E-state index in [1.807, 2.05) is 72.9 Å². The Hall–Kier alpha value is -2.91. The van der Waals surface area contributed by atoms with Crippen molar-refractivity contribution in [3.8, 4) is 11.3 Å². The van der Waals surface area contributed by atoms with E-state index in [4.69, 9.17) is 11.6 Å². The summed E-state index contributed by atoms with van der Waals surface area (Å²) in [5, 5.41) is 5.24. The molecule has 0 amide bonds. The summed E-state index contributed by atoms with van der Waals surface area (Å²) in [6.45, 7) is 0. The highest BCUT2D eigenvalue weighted by Crippen LogP contribution is 2.22. The molecule has 0 aliphatic carbocycles. The Morgan fingerprint density at radius 3 is 2.38 bits per heavy atom. The first kappa shape index (κ1) is 14.7. The number of ketones is 1. The Bertz CT molecular complexity index is 1020.